The van der Waals surface area contributed by atoms with Gasteiger partial charge in [-0.15, -0.1) is 10.2 Å². The molecule has 0 fully saturated rings. The predicted molar refractivity (Wildman–Crippen MR) is 76.9 cm³/mol. The highest BCUT2D eigenvalue weighted by molar-refractivity contribution is 7.19. The van der Waals surface area contributed by atoms with Crippen LogP contribution in [-0.4, -0.2) is 26.5 Å². The molecular weight excluding hydrogens is 260 g/mol. The van der Waals surface area contributed by atoms with Crippen molar-refractivity contribution in [3.8, 4) is 0 Å². The normalized spacial score (nSPS) is 13.2. The molecule has 0 aliphatic carbocycles. The summed E-state index contributed by atoms with van der Waals surface area (Å²) in [7, 11) is 0. The van der Waals surface area contributed by atoms with Gasteiger partial charge in [0.1, 0.15) is 10.7 Å². The number of thiazole rings is 1. The van der Waals surface area contributed by atoms with E-state index >= 15 is 0 Å². The van der Waals surface area contributed by atoms with Crippen LogP contribution in [0.5, 0.6) is 0 Å². The van der Waals surface area contributed by atoms with E-state index in [0.29, 0.717) is 0 Å². The molecule has 19 heavy (non-hydrogen) atoms. The molecule has 1 N–H and O–H groups in total. The van der Waals surface area contributed by atoms with Crippen LogP contribution in [0.3, 0.4) is 0 Å². The molecule has 0 aliphatic heterocycles. The number of carbonyl (C=O) groups excluding carboxylic acids is 1. The van der Waals surface area contributed by atoms with Gasteiger partial charge in [-0.05, 0) is 20.3 Å². The molecule has 104 valence electrons. The maximum Gasteiger partial charge on any atom is 0.263 e. The molecule has 5 nitrogen and oxygen atoms in total. The van der Waals surface area contributed by atoms with Gasteiger partial charge in [0.25, 0.3) is 5.91 Å². The molecule has 0 bridgehead atoms. The number of rotatable bonds is 4. The summed E-state index contributed by atoms with van der Waals surface area (Å²) in [6, 6.07) is 0.184. The number of carbonyl (C=O) groups is 1. The maximum atomic E-state index is 12.2. The fraction of sp³-hybridized carbons (Fsp3) is 0.615. The van der Waals surface area contributed by atoms with E-state index in [9.17, 15) is 4.79 Å². The Hall–Kier alpha value is -1.43. The van der Waals surface area contributed by atoms with Crippen LogP contribution >= 0.6 is 11.3 Å². The summed E-state index contributed by atoms with van der Waals surface area (Å²) in [5, 5.41) is 11.3. The van der Waals surface area contributed by atoms with Gasteiger partial charge in [-0.2, -0.15) is 0 Å². The minimum absolute atomic E-state index is 0.0166. The topological polar surface area (TPSA) is 59.3 Å². The third kappa shape index (κ3) is 2.49. The van der Waals surface area contributed by atoms with Crippen LogP contribution in [-0.2, 0) is 0 Å². The molecule has 2 aromatic rings. The van der Waals surface area contributed by atoms with Gasteiger partial charge in [0.15, 0.2) is 0 Å². The van der Waals surface area contributed by atoms with Crippen molar-refractivity contribution in [3.05, 3.63) is 16.4 Å². The summed E-state index contributed by atoms with van der Waals surface area (Å²) in [4.78, 5) is 13.7. The summed E-state index contributed by atoms with van der Waals surface area (Å²) in [5.41, 5.74) is 0.925. The SMILES string of the molecule is CCC(C)NC(=O)c1sc2nnc(C(C)C)n2c1C. The minimum Gasteiger partial charge on any atom is -0.349 e. The van der Waals surface area contributed by atoms with Crippen molar-refractivity contribution in [1.29, 1.82) is 0 Å². The molecular formula is C13H20N4OS. The second kappa shape index (κ2) is 5.28. The van der Waals surface area contributed by atoms with Gasteiger partial charge in [-0.3, -0.25) is 9.20 Å². The quantitative estimate of drug-likeness (QED) is 0.936. The Morgan fingerprint density at radius 2 is 2.05 bits per heavy atom. The fourth-order valence-electron chi connectivity index (χ4n) is 1.91. The molecule has 1 amide bonds. The van der Waals surface area contributed by atoms with E-state index in [-0.39, 0.29) is 17.9 Å². The Morgan fingerprint density at radius 3 is 2.63 bits per heavy atom. The van der Waals surface area contributed by atoms with Crippen molar-refractivity contribution in [2.45, 2.75) is 53.0 Å². The Morgan fingerprint density at radius 1 is 1.37 bits per heavy atom. The van der Waals surface area contributed by atoms with Crippen molar-refractivity contribution in [2.75, 3.05) is 0 Å². The zero-order valence-corrected chi connectivity index (χ0v) is 12.8. The predicted octanol–water partition coefficient (Wildman–Crippen LogP) is 2.75. The highest BCUT2D eigenvalue weighted by Crippen LogP contribution is 2.25. The van der Waals surface area contributed by atoms with Gasteiger partial charge in [0.2, 0.25) is 4.96 Å². The van der Waals surface area contributed by atoms with E-state index in [1.165, 1.54) is 11.3 Å². The second-order valence-corrected chi connectivity index (χ2v) is 6.11. The van der Waals surface area contributed by atoms with Crippen molar-refractivity contribution in [2.24, 2.45) is 0 Å². The van der Waals surface area contributed by atoms with Crippen LogP contribution in [0.15, 0.2) is 0 Å². The number of nitrogens with one attached hydrogen (secondary N) is 1. The summed E-state index contributed by atoms with van der Waals surface area (Å²) < 4.78 is 1.99. The Bertz CT molecular complexity index is 599. The highest BCUT2D eigenvalue weighted by atomic mass is 32.1. The van der Waals surface area contributed by atoms with Gasteiger partial charge in [-0.1, -0.05) is 32.1 Å². The lowest BCUT2D eigenvalue weighted by Gasteiger charge is -2.10. The van der Waals surface area contributed by atoms with Crippen LogP contribution in [0.25, 0.3) is 4.96 Å². The smallest absolute Gasteiger partial charge is 0.263 e. The van der Waals surface area contributed by atoms with Crippen molar-refractivity contribution in [3.63, 3.8) is 0 Å². The number of nitrogens with zero attached hydrogens (tertiary/aromatic N) is 3. The molecule has 1 atom stereocenters. The van der Waals surface area contributed by atoms with Crippen LogP contribution in [0.1, 0.15) is 61.2 Å². The lowest BCUT2D eigenvalue weighted by molar-refractivity contribution is 0.0942. The molecule has 0 saturated carbocycles. The lowest BCUT2D eigenvalue weighted by atomic mass is 10.2. The number of fused-ring (bicyclic) bond motifs is 1. The van der Waals surface area contributed by atoms with Crippen LogP contribution < -0.4 is 5.32 Å². The van der Waals surface area contributed by atoms with Crippen LogP contribution in [0.4, 0.5) is 0 Å². The molecule has 0 aliphatic rings. The highest BCUT2D eigenvalue weighted by Gasteiger charge is 2.21. The van der Waals surface area contributed by atoms with Crippen LogP contribution in [0, 0.1) is 6.92 Å². The molecule has 0 radical (unpaired) electrons. The Labute approximate surface area is 117 Å². The van der Waals surface area contributed by atoms with E-state index < -0.39 is 0 Å². The van der Waals surface area contributed by atoms with Gasteiger partial charge in [0, 0.05) is 17.7 Å². The fourth-order valence-corrected chi connectivity index (χ4v) is 2.88. The zero-order chi connectivity index (χ0) is 14.2. The van der Waals surface area contributed by atoms with E-state index in [1.807, 2.05) is 18.2 Å². The summed E-state index contributed by atoms with van der Waals surface area (Å²) in [5.74, 6) is 1.18. The monoisotopic (exact) mass is 280 g/mol. The number of hydrogen-bond donors (Lipinski definition) is 1. The van der Waals surface area contributed by atoms with E-state index in [4.69, 9.17) is 0 Å². The first-order valence-corrected chi connectivity index (χ1v) is 7.42. The number of amides is 1. The largest absolute Gasteiger partial charge is 0.349 e. The molecule has 6 heteroatoms. The summed E-state index contributed by atoms with van der Waals surface area (Å²) >= 11 is 1.40. The van der Waals surface area contributed by atoms with Gasteiger partial charge < -0.3 is 5.32 Å². The second-order valence-electron chi connectivity index (χ2n) is 5.13. The third-order valence-corrected chi connectivity index (χ3v) is 4.36. The number of hydrogen-bond acceptors (Lipinski definition) is 4. The van der Waals surface area contributed by atoms with Crippen molar-refractivity contribution in [1.82, 2.24) is 19.9 Å². The Balaban J connectivity index is 2.40. The van der Waals surface area contributed by atoms with E-state index in [0.717, 1.165) is 27.8 Å². The molecule has 0 spiro atoms. The average molecular weight is 280 g/mol. The average Bonchev–Trinajstić information content (AvgIpc) is 2.90. The van der Waals surface area contributed by atoms with Crippen molar-refractivity contribution >= 4 is 22.2 Å². The molecule has 2 rings (SSSR count). The standard InChI is InChI=1S/C13H20N4OS/c1-6-8(4)14-12(18)10-9(5)17-11(7(2)3)15-16-13(17)19-10/h7-8H,6H2,1-5H3,(H,14,18). The first kappa shape index (κ1) is 14.0. The molecule has 0 aromatic carbocycles. The van der Waals surface area contributed by atoms with Crippen LogP contribution in [0.2, 0.25) is 0 Å². The first-order chi connectivity index (χ1) is 8.95. The van der Waals surface area contributed by atoms with Gasteiger partial charge >= 0.3 is 0 Å². The van der Waals surface area contributed by atoms with Crippen molar-refractivity contribution < 1.29 is 4.79 Å². The van der Waals surface area contributed by atoms with E-state index in [1.54, 1.807) is 0 Å². The summed E-state index contributed by atoms with van der Waals surface area (Å²) in [6.07, 6.45) is 0.923. The first-order valence-electron chi connectivity index (χ1n) is 6.61. The third-order valence-electron chi connectivity index (χ3n) is 3.23. The molecule has 2 heterocycles. The van der Waals surface area contributed by atoms with Gasteiger partial charge in [0.05, 0.1) is 0 Å². The molecule has 2 aromatic heterocycles. The minimum atomic E-state index is -0.0166. The summed E-state index contributed by atoms with van der Waals surface area (Å²) in [6.45, 7) is 10.2. The number of aryl methyl sites for hydroxylation is 1. The molecule has 1 unspecified atom stereocenters. The lowest BCUT2D eigenvalue weighted by Crippen LogP contribution is -2.31. The van der Waals surface area contributed by atoms with Gasteiger partial charge in [-0.25, -0.2) is 0 Å². The maximum absolute atomic E-state index is 12.2. The number of aromatic nitrogens is 3. The molecule has 0 saturated heterocycles. The Kier molecular flexibility index (Phi) is 3.89. The zero-order valence-electron chi connectivity index (χ0n) is 12.0. The van der Waals surface area contributed by atoms with E-state index in [2.05, 4.69) is 36.3 Å².